The minimum absolute atomic E-state index is 0.0414. The number of hydrogen-bond acceptors (Lipinski definition) is 4. The highest BCUT2D eigenvalue weighted by atomic mass is 16.3. The van der Waals surface area contributed by atoms with E-state index in [2.05, 4.69) is 4.98 Å². The topological polar surface area (TPSA) is 79.5 Å². The Morgan fingerprint density at radius 3 is 3.16 bits per heavy atom. The number of nitrogens with two attached hydrogens (primary N) is 1. The van der Waals surface area contributed by atoms with Crippen LogP contribution in [0, 0.1) is 5.92 Å². The summed E-state index contributed by atoms with van der Waals surface area (Å²) in [7, 11) is 0. The number of rotatable bonds is 4. The minimum atomic E-state index is 0.0414. The average molecular weight is 263 g/mol. The SMILES string of the molecule is NCc1cc(C(=O)N2CCCC(CCO)C2)ccn1. The molecule has 0 aromatic carbocycles. The first-order valence-corrected chi connectivity index (χ1v) is 6.79. The Morgan fingerprint density at radius 2 is 2.42 bits per heavy atom. The fourth-order valence-electron chi connectivity index (χ4n) is 2.57. The molecule has 0 saturated carbocycles. The third kappa shape index (κ3) is 3.52. The zero-order valence-corrected chi connectivity index (χ0v) is 11.1. The van der Waals surface area contributed by atoms with Crippen molar-refractivity contribution in [2.45, 2.75) is 25.8 Å². The van der Waals surface area contributed by atoms with Crippen LogP contribution >= 0.6 is 0 Å². The molecule has 1 aliphatic heterocycles. The lowest BCUT2D eigenvalue weighted by Gasteiger charge is -2.32. The van der Waals surface area contributed by atoms with Gasteiger partial charge in [-0.1, -0.05) is 0 Å². The molecule has 2 heterocycles. The Bertz CT molecular complexity index is 434. The van der Waals surface area contributed by atoms with Crippen molar-refractivity contribution in [2.24, 2.45) is 11.7 Å². The lowest BCUT2D eigenvalue weighted by Crippen LogP contribution is -2.40. The molecule has 3 N–H and O–H groups in total. The first-order valence-electron chi connectivity index (χ1n) is 6.79. The van der Waals surface area contributed by atoms with E-state index < -0.39 is 0 Å². The number of carbonyl (C=O) groups is 1. The van der Waals surface area contributed by atoms with Crippen LogP contribution in [0.2, 0.25) is 0 Å². The third-order valence-corrected chi connectivity index (χ3v) is 3.62. The maximum absolute atomic E-state index is 12.4. The normalized spacial score (nSPS) is 19.5. The maximum atomic E-state index is 12.4. The molecular weight excluding hydrogens is 242 g/mol. The Kier molecular flexibility index (Phi) is 4.87. The summed E-state index contributed by atoms with van der Waals surface area (Å²) in [5.41, 5.74) is 6.93. The molecule has 0 bridgehead atoms. The smallest absolute Gasteiger partial charge is 0.253 e. The van der Waals surface area contributed by atoms with Gasteiger partial charge in [-0.05, 0) is 37.3 Å². The molecule has 2 rings (SSSR count). The van der Waals surface area contributed by atoms with Gasteiger partial charge in [-0.3, -0.25) is 9.78 Å². The molecule has 1 amide bonds. The molecule has 19 heavy (non-hydrogen) atoms. The molecule has 1 aromatic rings. The predicted octanol–water partition coefficient (Wildman–Crippen LogP) is 0.775. The van der Waals surface area contributed by atoms with Gasteiger partial charge in [0.1, 0.15) is 0 Å². The number of aromatic nitrogens is 1. The van der Waals surface area contributed by atoms with Gasteiger partial charge in [-0.25, -0.2) is 0 Å². The van der Waals surface area contributed by atoms with Crippen molar-refractivity contribution in [1.82, 2.24) is 9.88 Å². The number of nitrogens with zero attached hydrogens (tertiary/aromatic N) is 2. The number of carbonyl (C=O) groups excluding carboxylic acids is 1. The van der Waals surface area contributed by atoms with E-state index in [9.17, 15) is 4.79 Å². The molecular formula is C14H21N3O2. The molecule has 1 unspecified atom stereocenters. The van der Waals surface area contributed by atoms with Gasteiger partial charge >= 0.3 is 0 Å². The number of piperidine rings is 1. The van der Waals surface area contributed by atoms with Crippen LogP contribution < -0.4 is 5.73 Å². The molecule has 5 nitrogen and oxygen atoms in total. The Morgan fingerprint density at radius 1 is 1.58 bits per heavy atom. The minimum Gasteiger partial charge on any atom is -0.396 e. The molecule has 1 aliphatic rings. The van der Waals surface area contributed by atoms with Gasteiger partial charge in [-0.2, -0.15) is 0 Å². The Balaban J connectivity index is 2.05. The van der Waals surface area contributed by atoms with E-state index >= 15 is 0 Å². The monoisotopic (exact) mass is 263 g/mol. The summed E-state index contributed by atoms with van der Waals surface area (Å²) in [5, 5.41) is 9.00. The average Bonchev–Trinajstić information content (AvgIpc) is 2.47. The highest BCUT2D eigenvalue weighted by molar-refractivity contribution is 5.94. The summed E-state index contributed by atoms with van der Waals surface area (Å²) < 4.78 is 0. The predicted molar refractivity (Wildman–Crippen MR) is 72.5 cm³/mol. The zero-order valence-electron chi connectivity index (χ0n) is 11.1. The standard InChI is InChI=1S/C14H21N3O2/c15-9-13-8-12(3-5-16-13)14(19)17-6-1-2-11(10-17)4-7-18/h3,5,8,11,18H,1-2,4,6-7,9-10,15H2. The van der Waals surface area contributed by atoms with Crippen molar-refractivity contribution in [3.63, 3.8) is 0 Å². The van der Waals surface area contributed by atoms with Crippen LogP contribution in [-0.2, 0) is 6.54 Å². The van der Waals surface area contributed by atoms with E-state index in [-0.39, 0.29) is 12.5 Å². The van der Waals surface area contributed by atoms with Gasteiger partial charge < -0.3 is 15.7 Å². The van der Waals surface area contributed by atoms with E-state index in [1.165, 1.54) is 0 Å². The van der Waals surface area contributed by atoms with Crippen molar-refractivity contribution in [3.05, 3.63) is 29.6 Å². The van der Waals surface area contributed by atoms with Gasteiger partial charge in [0.25, 0.3) is 5.91 Å². The van der Waals surface area contributed by atoms with Crippen LogP contribution in [-0.4, -0.2) is 40.6 Å². The quantitative estimate of drug-likeness (QED) is 0.841. The fourth-order valence-corrected chi connectivity index (χ4v) is 2.57. The Hall–Kier alpha value is -1.46. The molecule has 5 heteroatoms. The lowest BCUT2D eigenvalue weighted by atomic mass is 9.94. The van der Waals surface area contributed by atoms with E-state index in [0.29, 0.717) is 18.0 Å². The second kappa shape index (κ2) is 6.63. The summed E-state index contributed by atoms with van der Waals surface area (Å²) in [6, 6.07) is 3.50. The van der Waals surface area contributed by atoms with E-state index in [1.807, 2.05) is 4.90 Å². The molecule has 0 aliphatic carbocycles. The second-order valence-corrected chi connectivity index (χ2v) is 5.01. The van der Waals surface area contributed by atoms with E-state index in [1.54, 1.807) is 18.3 Å². The number of aliphatic hydroxyl groups excluding tert-OH is 1. The molecule has 1 atom stereocenters. The molecule has 104 valence electrons. The third-order valence-electron chi connectivity index (χ3n) is 3.62. The van der Waals surface area contributed by atoms with Gasteiger partial charge in [0.2, 0.25) is 0 Å². The second-order valence-electron chi connectivity index (χ2n) is 5.01. The van der Waals surface area contributed by atoms with Gasteiger partial charge in [0.05, 0.1) is 5.69 Å². The lowest BCUT2D eigenvalue weighted by molar-refractivity contribution is 0.0653. The van der Waals surface area contributed by atoms with Gasteiger partial charge in [0, 0.05) is 38.0 Å². The van der Waals surface area contributed by atoms with Crippen LogP contribution in [0.15, 0.2) is 18.3 Å². The maximum Gasteiger partial charge on any atom is 0.253 e. The largest absolute Gasteiger partial charge is 0.396 e. The Labute approximate surface area is 113 Å². The summed E-state index contributed by atoms with van der Waals surface area (Å²) >= 11 is 0. The molecule has 1 fully saturated rings. The summed E-state index contributed by atoms with van der Waals surface area (Å²) in [6.07, 6.45) is 4.50. The number of aliphatic hydroxyl groups is 1. The van der Waals surface area contributed by atoms with Crippen molar-refractivity contribution >= 4 is 5.91 Å². The highest BCUT2D eigenvalue weighted by Crippen LogP contribution is 2.21. The zero-order chi connectivity index (χ0) is 13.7. The number of pyridine rings is 1. The highest BCUT2D eigenvalue weighted by Gasteiger charge is 2.24. The van der Waals surface area contributed by atoms with Crippen LogP contribution in [0.3, 0.4) is 0 Å². The van der Waals surface area contributed by atoms with Crippen LogP contribution in [0.4, 0.5) is 0 Å². The molecule has 1 aromatic heterocycles. The van der Waals surface area contributed by atoms with Crippen molar-refractivity contribution < 1.29 is 9.90 Å². The van der Waals surface area contributed by atoms with Gasteiger partial charge in [0.15, 0.2) is 0 Å². The number of hydrogen-bond donors (Lipinski definition) is 2. The van der Waals surface area contributed by atoms with Crippen molar-refractivity contribution in [2.75, 3.05) is 19.7 Å². The number of amides is 1. The summed E-state index contributed by atoms with van der Waals surface area (Å²) in [5.74, 6) is 0.457. The first kappa shape index (κ1) is 14.0. The van der Waals surface area contributed by atoms with Crippen LogP contribution in [0.5, 0.6) is 0 Å². The van der Waals surface area contributed by atoms with Crippen LogP contribution in [0.25, 0.3) is 0 Å². The molecule has 0 radical (unpaired) electrons. The van der Waals surface area contributed by atoms with Crippen molar-refractivity contribution in [3.8, 4) is 0 Å². The first-order chi connectivity index (χ1) is 9.24. The summed E-state index contributed by atoms with van der Waals surface area (Å²) in [4.78, 5) is 18.4. The number of likely N-dealkylation sites (tertiary alicyclic amines) is 1. The van der Waals surface area contributed by atoms with Gasteiger partial charge in [-0.15, -0.1) is 0 Å². The molecule has 0 spiro atoms. The van der Waals surface area contributed by atoms with E-state index in [0.717, 1.165) is 38.0 Å². The summed E-state index contributed by atoms with van der Waals surface area (Å²) in [6.45, 7) is 2.06. The van der Waals surface area contributed by atoms with E-state index in [4.69, 9.17) is 10.8 Å². The fraction of sp³-hybridized carbons (Fsp3) is 0.571. The van der Waals surface area contributed by atoms with Crippen LogP contribution in [0.1, 0.15) is 35.3 Å². The van der Waals surface area contributed by atoms with Crippen molar-refractivity contribution in [1.29, 1.82) is 0 Å². The molecule has 1 saturated heterocycles.